The zero-order valence-electron chi connectivity index (χ0n) is 19.3. The number of hydrogen-bond acceptors (Lipinski definition) is 4. The average molecular weight is 453 g/mol. The molecule has 0 aromatic carbocycles. The lowest BCUT2D eigenvalue weighted by molar-refractivity contribution is -0.154. The van der Waals surface area contributed by atoms with Gasteiger partial charge in [-0.1, -0.05) is 51.0 Å². The normalized spacial score (nSPS) is 27.0. The van der Waals surface area contributed by atoms with Crippen molar-refractivity contribution in [3.05, 3.63) is 23.3 Å². The van der Waals surface area contributed by atoms with Gasteiger partial charge in [-0.2, -0.15) is 0 Å². The number of allylic oxidation sites excluding steroid dienone is 4. The maximum Gasteiger partial charge on any atom is 0.307 e. The fourth-order valence-electron chi connectivity index (χ4n) is 4.43. The van der Waals surface area contributed by atoms with E-state index in [1.807, 2.05) is 0 Å². The first-order chi connectivity index (χ1) is 15.0. The van der Waals surface area contributed by atoms with Crippen molar-refractivity contribution in [2.45, 2.75) is 66.2 Å². The lowest BCUT2D eigenvalue weighted by Gasteiger charge is -2.35. The van der Waals surface area contributed by atoms with E-state index in [9.17, 15) is 29.4 Å². The zero-order chi connectivity index (χ0) is 24.6. The molecule has 0 aromatic rings. The second-order valence-corrected chi connectivity index (χ2v) is 8.80. The second kappa shape index (κ2) is 12.4. The van der Waals surface area contributed by atoms with Crippen molar-refractivity contribution in [1.29, 1.82) is 0 Å². The molecule has 8 nitrogen and oxygen atoms in total. The molecule has 32 heavy (non-hydrogen) atoms. The zero-order valence-corrected chi connectivity index (χ0v) is 19.3. The van der Waals surface area contributed by atoms with Crippen LogP contribution in [0.15, 0.2) is 23.3 Å². The monoisotopic (exact) mass is 452 g/mol. The summed E-state index contributed by atoms with van der Waals surface area (Å²) < 4.78 is 0. The summed E-state index contributed by atoms with van der Waals surface area (Å²) in [5.41, 5.74) is 2.37. The third-order valence-electron chi connectivity index (χ3n) is 6.89. The van der Waals surface area contributed by atoms with Crippen molar-refractivity contribution in [2.24, 2.45) is 35.5 Å². The summed E-state index contributed by atoms with van der Waals surface area (Å²) in [4.78, 5) is 43.9. The minimum Gasteiger partial charge on any atom is -0.481 e. The molecule has 8 heteroatoms. The highest BCUT2D eigenvalue weighted by molar-refractivity contribution is 5.81. The van der Waals surface area contributed by atoms with Gasteiger partial charge in [0, 0.05) is 0 Å². The Balaban J connectivity index is 0.000000363. The van der Waals surface area contributed by atoms with Crippen LogP contribution in [-0.2, 0) is 19.2 Å². The van der Waals surface area contributed by atoms with E-state index in [2.05, 4.69) is 27.7 Å². The first-order valence-corrected chi connectivity index (χ1v) is 11.2. The summed E-state index contributed by atoms with van der Waals surface area (Å²) in [6.07, 6.45) is 6.79. The Morgan fingerprint density at radius 3 is 1.19 bits per heavy atom. The van der Waals surface area contributed by atoms with Crippen molar-refractivity contribution in [3.63, 3.8) is 0 Å². The lowest BCUT2D eigenvalue weighted by atomic mass is 9.69. The number of carboxylic acids is 4. The molecule has 0 spiro atoms. The minimum absolute atomic E-state index is 0.326. The predicted octanol–water partition coefficient (Wildman–Crippen LogP) is 4.31. The van der Waals surface area contributed by atoms with Gasteiger partial charge in [-0.25, -0.2) is 0 Å². The summed E-state index contributed by atoms with van der Waals surface area (Å²) in [5, 5.41) is 36.0. The van der Waals surface area contributed by atoms with Gasteiger partial charge in [0.2, 0.25) is 0 Å². The minimum atomic E-state index is -1.02. The van der Waals surface area contributed by atoms with Crippen LogP contribution in [-0.4, -0.2) is 44.3 Å². The molecule has 6 atom stereocenters. The summed E-state index contributed by atoms with van der Waals surface area (Å²) in [6, 6.07) is 0. The molecule has 0 radical (unpaired) electrons. The van der Waals surface area contributed by atoms with Crippen LogP contribution in [0.5, 0.6) is 0 Å². The van der Waals surface area contributed by atoms with Crippen molar-refractivity contribution in [2.75, 3.05) is 0 Å². The predicted molar refractivity (Wildman–Crippen MR) is 118 cm³/mol. The molecule has 2 aliphatic rings. The lowest BCUT2D eigenvalue weighted by Crippen LogP contribution is -2.35. The number of carbonyl (C=O) groups is 4. The first-order valence-electron chi connectivity index (χ1n) is 11.2. The molecule has 0 amide bonds. The fraction of sp³-hybridized carbons (Fsp3) is 0.667. The van der Waals surface area contributed by atoms with Crippen LogP contribution >= 0.6 is 0 Å². The molecule has 180 valence electrons. The highest BCUT2D eigenvalue weighted by atomic mass is 16.4. The second-order valence-electron chi connectivity index (χ2n) is 8.80. The third-order valence-corrected chi connectivity index (χ3v) is 6.89. The smallest absolute Gasteiger partial charge is 0.307 e. The summed E-state index contributed by atoms with van der Waals surface area (Å²) in [6.45, 7) is 8.39. The molecular weight excluding hydrogens is 416 g/mol. The quantitative estimate of drug-likeness (QED) is 0.398. The highest BCUT2D eigenvalue weighted by Gasteiger charge is 2.40. The maximum atomic E-state index is 11.4. The molecule has 4 N–H and O–H groups in total. The Bertz CT molecular complexity index is 704. The Morgan fingerprint density at radius 2 is 0.969 bits per heavy atom. The summed E-state index contributed by atoms with van der Waals surface area (Å²) in [5.74, 6) is -6.44. The van der Waals surface area contributed by atoms with Gasteiger partial charge in [0.1, 0.15) is 0 Å². The van der Waals surface area contributed by atoms with Gasteiger partial charge in [0.05, 0.1) is 23.7 Å². The van der Waals surface area contributed by atoms with Crippen LogP contribution in [0, 0.1) is 35.5 Å². The van der Waals surface area contributed by atoms with Gasteiger partial charge < -0.3 is 20.4 Å². The molecule has 0 aliphatic heterocycles. The largest absolute Gasteiger partial charge is 0.481 e. The SMILES string of the molecule is CCC(C)C1=C(C(C)CC)CC(C(=O)O)C(C(=O)O)C1.O=C(O)C1CC=CCC1C(=O)O. The van der Waals surface area contributed by atoms with Gasteiger partial charge >= 0.3 is 23.9 Å². The molecule has 0 fully saturated rings. The molecule has 2 rings (SSSR count). The molecule has 0 saturated carbocycles. The third kappa shape index (κ3) is 6.93. The standard InChI is InChI=1S/C16H26O4.C8H10O4/c1-5-9(3)11-7-13(15(17)18)14(16(19)20)8-12(11)10(4)6-2;9-7(10)5-3-1-2-4-6(5)8(11)12/h9-10,13-14H,5-8H2,1-4H3,(H,17,18)(H,19,20);1-2,5-6H,3-4H2,(H,9,10)(H,11,12). The van der Waals surface area contributed by atoms with E-state index >= 15 is 0 Å². The molecule has 0 aromatic heterocycles. The maximum absolute atomic E-state index is 11.4. The Labute approximate surface area is 189 Å². The average Bonchev–Trinajstić information content (AvgIpc) is 2.77. The van der Waals surface area contributed by atoms with Crippen molar-refractivity contribution in [3.8, 4) is 0 Å². The molecule has 2 aliphatic carbocycles. The van der Waals surface area contributed by atoms with Crippen LogP contribution < -0.4 is 0 Å². The molecule has 0 heterocycles. The van der Waals surface area contributed by atoms with Crippen molar-refractivity contribution >= 4 is 23.9 Å². The van der Waals surface area contributed by atoms with Crippen LogP contribution in [0.3, 0.4) is 0 Å². The Hall–Kier alpha value is -2.64. The fourth-order valence-corrected chi connectivity index (χ4v) is 4.43. The van der Waals surface area contributed by atoms with Crippen LogP contribution in [0.1, 0.15) is 66.2 Å². The van der Waals surface area contributed by atoms with E-state index in [-0.39, 0.29) is 0 Å². The van der Waals surface area contributed by atoms with Gasteiger partial charge in [-0.3, -0.25) is 19.2 Å². The Morgan fingerprint density at radius 1 is 0.688 bits per heavy atom. The van der Waals surface area contributed by atoms with E-state index in [0.29, 0.717) is 37.5 Å². The van der Waals surface area contributed by atoms with E-state index in [0.717, 1.165) is 12.8 Å². The van der Waals surface area contributed by atoms with Gasteiger partial charge in [-0.15, -0.1) is 0 Å². The number of hydrogen-bond donors (Lipinski definition) is 4. The van der Waals surface area contributed by atoms with Crippen molar-refractivity contribution in [1.82, 2.24) is 0 Å². The van der Waals surface area contributed by atoms with Gasteiger partial charge in [-0.05, 0) is 50.4 Å². The summed E-state index contributed by atoms with van der Waals surface area (Å²) in [7, 11) is 0. The van der Waals surface area contributed by atoms with E-state index < -0.39 is 47.5 Å². The van der Waals surface area contributed by atoms with Crippen molar-refractivity contribution < 1.29 is 39.6 Å². The van der Waals surface area contributed by atoms with E-state index in [4.69, 9.17) is 10.2 Å². The van der Waals surface area contributed by atoms with E-state index in [1.54, 1.807) is 12.2 Å². The molecule has 6 unspecified atom stereocenters. The van der Waals surface area contributed by atoms with Gasteiger partial charge in [0.15, 0.2) is 0 Å². The van der Waals surface area contributed by atoms with Crippen LogP contribution in [0.2, 0.25) is 0 Å². The van der Waals surface area contributed by atoms with Gasteiger partial charge in [0.25, 0.3) is 0 Å². The number of aliphatic carboxylic acids is 4. The van der Waals surface area contributed by atoms with Crippen LogP contribution in [0.25, 0.3) is 0 Å². The molecular formula is C24H36O8. The number of carboxylic acid groups (broad SMARTS) is 4. The number of rotatable bonds is 8. The molecule has 0 saturated heterocycles. The van der Waals surface area contributed by atoms with E-state index in [1.165, 1.54) is 11.1 Å². The first kappa shape index (κ1) is 27.4. The molecule has 0 bridgehead atoms. The summed E-state index contributed by atoms with van der Waals surface area (Å²) >= 11 is 0. The highest BCUT2D eigenvalue weighted by Crippen LogP contribution is 2.42. The van der Waals surface area contributed by atoms with Crippen LogP contribution in [0.4, 0.5) is 0 Å². The Kier molecular flexibility index (Phi) is 10.6. The topological polar surface area (TPSA) is 149 Å².